The Morgan fingerprint density at radius 1 is 0.903 bits per heavy atom. The maximum atomic E-state index is 10.2. The van der Waals surface area contributed by atoms with E-state index in [2.05, 4.69) is 48.5 Å². The van der Waals surface area contributed by atoms with Crippen LogP contribution in [0.5, 0.6) is 5.75 Å². The highest BCUT2D eigenvalue weighted by Crippen LogP contribution is 2.56. The maximum absolute atomic E-state index is 10.2. The SMILES string of the molecule is COc1ccc(CO[C@H]2[C@H]([Si](C(C)C)(C(C)C)C(C)C)[C@@H](C)[C@H](CO)O[C@@H]2CO)cc1. The van der Waals surface area contributed by atoms with Gasteiger partial charge in [-0.3, -0.25) is 0 Å². The van der Waals surface area contributed by atoms with Gasteiger partial charge >= 0.3 is 0 Å². The lowest BCUT2D eigenvalue weighted by Gasteiger charge is -2.57. The van der Waals surface area contributed by atoms with E-state index in [1.807, 2.05) is 24.3 Å². The molecule has 1 aliphatic rings. The zero-order chi connectivity index (χ0) is 23.3. The number of benzene rings is 1. The summed E-state index contributed by atoms with van der Waals surface area (Å²) in [6.07, 6.45) is -0.908. The summed E-state index contributed by atoms with van der Waals surface area (Å²) in [5, 5.41) is 20.3. The second-order valence-corrected chi connectivity index (χ2v) is 16.2. The molecule has 2 N–H and O–H groups in total. The van der Waals surface area contributed by atoms with Gasteiger partial charge in [-0.25, -0.2) is 0 Å². The fourth-order valence-corrected chi connectivity index (χ4v) is 14.9. The summed E-state index contributed by atoms with van der Waals surface area (Å²) in [6, 6.07) is 7.92. The number of aliphatic hydroxyl groups is 2. The summed E-state index contributed by atoms with van der Waals surface area (Å²) < 4.78 is 18.0. The summed E-state index contributed by atoms with van der Waals surface area (Å²) in [6.45, 7) is 16.7. The Bertz CT molecular complexity index is 639. The molecule has 1 saturated heterocycles. The Morgan fingerprint density at radius 3 is 1.84 bits per heavy atom. The zero-order valence-electron chi connectivity index (χ0n) is 20.7. The molecule has 31 heavy (non-hydrogen) atoms. The molecule has 5 nitrogen and oxygen atoms in total. The number of aliphatic hydroxyl groups excluding tert-OH is 2. The van der Waals surface area contributed by atoms with Crippen LogP contribution in [0.25, 0.3) is 0 Å². The van der Waals surface area contributed by atoms with Gasteiger partial charge in [-0.05, 0) is 29.2 Å². The van der Waals surface area contributed by atoms with Crippen molar-refractivity contribution in [2.45, 2.75) is 95.5 Å². The van der Waals surface area contributed by atoms with Crippen LogP contribution in [0.4, 0.5) is 0 Å². The topological polar surface area (TPSA) is 68.2 Å². The smallest absolute Gasteiger partial charge is 0.118 e. The van der Waals surface area contributed by atoms with E-state index in [1.165, 1.54) is 0 Å². The van der Waals surface area contributed by atoms with Crippen LogP contribution >= 0.6 is 0 Å². The highest BCUT2D eigenvalue weighted by atomic mass is 28.3. The molecule has 0 amide bonds. The first kappa shape index (κ1) is 26.3. The quantitative estimate of drug-likeness (QED) is 0.488. The Balaban J connectivity index is 2.47. The Kier molecular flexibility index (Phi) is 9.58. The lowest BCUT2D eigenvalue weighted by Crippen LogP contribution is -2.63. The van der Waals surface area contributed by atoms with E-state index in [0.717, 1.165) is 11.3 Å². The van der Waals surface area contributed by atoms with Crippen molar-refractivity contribution in [3.8, 4) is 5.75 Å². The summed E-state index contributed by atoms with van der Waals surface area (Å²) >= 11 is 0. The standard InChI is InChI=1S/C25H44O5Si/c1-16(2)31(17(3)4,18(5)6)25-19(7)22(13-26)30-23(14-27)24(25)29-15-20-9-11-21(28-8)12-10-20/h9-12,16-19,22-27H,13-15H2,1-8H3/t19-,22-,23+,24+,25+/m0/s1. The molecule has 1 heterocycles. The summed E-state index contributed by atoms with van der Waals surface area (Å²) in [4.78, 5) is 0. The first-order valence-corrected chi connectivity index (χ1v) is 14.1. The number of methoxy groups -OCH3 is 1. The van der Waals surface area contributed by atoms with Crippen LogP contribution in [-0.4, -0.2) is 56.9 Å². The molecule has 0 aliphatic carbocycles. The van der Waals surface area contributed by atoms with Crippen LogP contribution in [0.15, 0.2) is 24.3 Å². The van der Waals surface area contributed by atoms with E-state index in [0.29, 0.717) is 23.2 Å². The van der Waals surface area contributed by atoms with E-state index in [-0.39, 0.29) is 36.9 Å². The third kappa shape index (κ3) is 5.19. The van der Waals surface area contributed by atoms with Crippen LogP contribution < -0.4 is 4.74 Å². The molecule has 0 radical (unpaired) electrons. The molecule has 2 rings (SSSR count). The number of hydrogen-bond acceptors (Lipinski definition) is 5. The Labute approximate surface area is 190 Å². The summed E-state index contributed by atoms with van der Waals surface area (Å²) in [5.74, 6) is 0.980. The molecule has 0 unspecified atom stereocenters. The zero-order valence-corrected chi connectivity index (χ0v) is 21.7. The van der Waals surface area contributed by atoms with Gasteiger partial charge in [-0.15, -0.1) is 0 Å². The monoisotopic (exact) mass is 452 g/mol. The minimum atomic E-state index is -1.97. The molecule has 1 fully saturated rings. The normalized spacial score (nSPS) is 27.3. The minimum absolute atomic E-state index is 0.0296. The van der Waals surface area contributed by atoms with Crippen molar-refractivity contribution in [3.63, 3.8) is 0 Å². The first-order valence-electron chi connectivity index (χ1n) is 11.8. The second kappa shape index (κ2) is 11.3. The van der Waals surface area contributed by atoms with Gasteiger partial charge in [0.25, 0.3) is 0 Å². The predicted octanol–water partition coefficient (Wildman–Crippen LogP) is 5.02. The van der Waals surface area contributed by atoms with Crippen LogP contribution in [0.1, 0.15) is 54.0 Å². The first-order chi connectivity index (χ1) is 14.6. The van der Waals surface area contributed by atoms with Gasteiger partial charge in [0.15, 0.2) is 0 Å². The molecule has 6 heteroatoms. The van der Waals surface area contributed by atoms with Crippen LogP contribution in [-0.2, 0) is 16.1 Å². The van der Waals surface area contributed by atoms with Crippen molar-refractivity contribution < 1.29 is 24.4 Å². The fraction of sp³-hybridized carbons (Fsp3) is 0.760. The average Bonchev–Trinajstić information content (AvgIpc) is 2.73. The summed E-state index contributed by atoms with van der Waals surface area (Å²) in [7, 11) is -0.308. The van der Waals surface area contributed by atoms with Crippen molar-refractivity contribution in [1.82, 2.24) is 0 Å². The molecule has 1 aliphatic heterocycles. The van der Waals surface area contributed by atoms with Gasteiger partial charge in [0.05, 0.1) is 47.2 Å². The van der Waals surface area contributed by atoms with E-state index in [4.69, 9.17) is 14.2 Å². The van der Waals surface area contributed by atoms with Gasteiger partial charge in [0.1, 0.15) is 11.9 Å². The van der Waals surface area contributed by atoms with Crippen molar-refractivity contribution in [1.29, 1.82) is 0 Å². The fourth-order valence-electron chi connectivity index (χ4n) is 6.56. The molecule has 0 aromatic heterocycles. The number of rotatable bonds is 10. The van der Waals surface area contributed by atoms with Gasteiger partial charge < -0.3 is 24.4 Å². The molecule has 0 saturated carbocycles. The van der Waals surface area contributed by atoms with E-state index in [9.17, 15) is 10.2 Å². The molecular weight excluding hydrogens is 408 g/mol. The van der Waals surface area contributed by atoms with E-state index in [1.54, 1.807) is 7.11 Å². The molecule has 5 atom stereocenters. The second-order valence-electron chi connectivity index (χ2n) is 10.1. The van der Waals surface area contributed by atoms with Gasteiger partial charge in [0, 0.05) is 0 Å². The highest BCUT2D eigenvalue weighted by Gasteiger charge is 2.58. The average molecular weight is 453 g/mol. The molecule has 1 aromatic rings. The van der Waals surface area contributed by atoms with Crippen LogP contribution in [0, 0.1) is 5.92 Å². The highest BCUT2D eigenvalue weighted by molar-refractivity contribution is 6.85. The summed E-state index contributed by atoms with van der Waals surface area (Å²) in [5.41, 5.74) is 2.98. The molecule has 0 bridgehead atoms. The van der Waals surface area contributed by atoms with Crippen molar-refractivity contribution >= 4 is 8.07 Å². The van der Waals surface area contributed by atoms with E-state index < -0.39 is 14.2 Å². The van der Waals surface area contributed by atoms with Gasteiger partial charge in [-0.2, -0.15) is 0 Å². The molecule has 1 aromatic carbocycles. The molecular formula is C25H44O5Si. The Morgan fingerprint density at radius 2 is 1.42 bits per heavy atom. The third-order valence-corrected chi connectivity index (χ3v) is 15.8. The van der Waals surface area contributed by atoms with Crippen molar-refractivity contribution in [2.24, 2.45) is 5.92 Å². The lowest BCUT2D eigenvalue weighted by atomic mass is 9.90. The van der Waals surface area contributed by atoms with Crippen molar-refractivity contribution in [3.05, 3.63) is 29.8 Å². The number of hydrogen-bond donors (Lipinski definition) is 2. The molecule has 0 spiro atoms. The maximum Gasteiger partial charge on any atom is 0.118 e. The Hall–Kier alpha value is -0.923. The third-order valence-electron chi connectivity index (χ3n) is 7.76. The molecule has 178 valence electrons. The van der Waals surface area contributed by atoms with Crippen molar-refractivity contribution in [2.75, 3.05) is 20.3 Å². The largest absolute Gasteiger partial charge is 0.497 e. The van der Waals surface area contributed by atoms with Gasteiger partial charge in [0.2, 0.25) is 0 Å². The predicted molar refractivity (Wildman–Crippen MR) is 128 cm³/mol. The lowest BCUT2D eigenvalue weighted by molar-refractivity contribution is -0.186. The van der Waals surface area contributed by atoms with Crippen LogP contribution in [0.3, 0.4) is 0 Å². The van der Waals surface area contributed by atoms with Crippen LogP contribution in [0.2, 0.25) is 22.2 Å². The minimum Gasteiger partial charge on any atom is -0.497 e. The van der Waals surface area contributed by atoms with E-state index >= 15 is 0 Å². The number of ether oxygens (including phenoxy) is 3. The van der Waals surface area contributed by atoms with Gasteiger partial charge in [-0.1, -0.05) is 77.2 Å².